The molecule has 1 N–H and O–H groups in total. The molecule has 1 aromatic heterocycles. The first kappa shape index (κ1) is 18.2. The van der Waals surface area contributed by atoms with E-state index in [-0.39, 0.29) is 6.09 Å². The predicted octanol–water partition coefficient (Wildman–Crippen LogP) is 3.90. The first-order chi connectivity index (χ1) is 12.8. The smallest absolute Gasteiger partial charge is 0.416 e. The molecule has 2 aliphatic rings. The number of thiazole rings is 1. The summed E-state index contributed by atoms with van der Waals surface area (Å²) < 4.78 is 43.5. The molecule has 1 amide bonds. The van der Waals surface area contributed by atoms with Gasteiger partial charge in [0.1, 0.15) is 10.6 Å². The van der Waals surface area contributed by atoms with Crippen molar-refractivity contribution >= 4 is 17.4 Å². The number of halogens is 3. The number of likely N-dealkylation sites (tertiary alicyclic amines) is 1. The van der Waals surface area contributed by atoms with Crippen LogP contribution >= 0.6 is 11.3 Å². The van der Waals surface area contributed by atoms with E-state index >= 15 is 0 Å². The highest BCUT2D eigenvalue weighted by molar-refractivity contribution is 7.13. The third-order valence-corrected chi connectivity index (χ3v) is 5.82. The number of carbonyl (C=O) groups is 1. The molecule has 2 saturated heterocycles. The number of carbonyl (C=O) groups excluding carboxylic acids is 1. The molecule has 0 saturated carbocycles. The van der Waals surface area contributed by atoms with Crippen molar-refractivity contribution in [2.45, 2.75) is 31.2 Å². The van der Waals surface area contributed by atoms with E-state index in [1.54, 1.807) is 0 Å². The van der Waals surface area contributed by atoms with Gasteiger partial charge in [-0.25, -0.2) is 9.78 Å². The number of alkyl halides is 3. The molecular formula is C18H18F3N3O2S. The number of nitrogens with zero attached hydrogens (tertiary/aromatic N) is 2. The summed E-state index contributed by atoms with van der Waals surface area (Å²) in [5.74, 6) is 0. The van der Waals surface area contributed by atoms with Crippen LogP contribution in [0.2, 0.25) is 0 Å². The second-order valence-electron chi connectivity index (χ2n) is 6.96. The van der Waals surface area contributed by atoms with E-state index in [1.165, 1.54) is 23.5 Å². The maximum Gasteiger partial charge on any atom is 0.416 e. The zero-order valence-electron chi connectivity index (χ0n) is 14.4. The zero-order valence-corrected chi connectivity index (χ0v) is 15.2. The highest BCUT2D eigenvalue weighted by Gasteiger charge is 2.43. The molecule has 0 radical (unpaired) electrons. The molecule has 4 rings (SSSR count). The fourth-order valence-electron chi connectivity index (χ4n) is 3.60. The Hall–Kier alpha value is -2.13. The van der Waals surface area contributed by atoms with Crippen molar-refractivity contribution in [3.8, 4) is 10.6 Å². The molecule has 1 aromatic carbocycles. The quantitative estimate of drug-likeness (QED) is 0.854. The summed E-state index contributed by atoms with van der Waals surface area (Å²) in [6.07, 6.45) is -2.92. The molecule has 2 aliphatic heterocycles. The number of piperidine rings is 1. The Morgan fingerprint density at radius 1 is 1.30 bits per heavy atom. The van der Waals surface area contributed by atoms with Crippen LogP contribution in [0.5, 0.6) is 0 Å². The Balaban J connectivity index is 1.43. The van der Waals surface area contributed by atoms with Crippen molar-refractivity contribution in [1.29, 1.82) is 0 Å². The number of ether oxygens (including phenoxy) is 1. The van der Waals surface area contributed by atoms with Gasteiger partial charge in [0.25, 0.3) is 0 Å². The summed E-state index contributed by atoms with van der Waals surface area (Å²) in [5.41, 5.74) is 0.413. The molecule has 1 spiro atoms. The van der Waals surface area contributed by atoms with Gasteiger partial charge in [0.2, 0.25) is 0 Å². The van der Waals surface area contributed by atoms with Gasteiger partial charge in [-0.05, 0) is 31.5 Å². The Morgan fingerprint density at radius 2 is 2.07 bits per heavy atom. The van der Waals surface area contributed by atoms with E-state index in [0.717, 1.165) is 37.2 Å². The van der Waals surface area contributed by atoms with E-state index < -0.39 is 17.3 Å². The summed E-state index contributed by atoms with van der Waals surface area (Å²) in [6.45, 7) is 2.69. The van der Waals surface area contributed by atoms with Gasteiger partial charge in [-0.1, -0.05) is 12.1 Å². The van der Waals surface area contributed by atoms with Crippen molar-refractivity contribution < 1.29 is 22.7 Å². The summed E-state index contributed by atoms with van der Waals surface area (Å²) in [6, 6.07) is 5.05. The molecule has 9 heteroatoms. The van der Waals surface area contributed by atoms with E-state index in [0.29, 0.717) is 30.2 Å². The molecular weight excluding hydrogens is 379 g/mol. The van der Waals surface area contributed by atoms with Crippen LogP contribution in [0.15, 0.2) is 29.6 Å². The average molecular weight is 397 g/mol. The summed E-state index contributed by atoms with van der Waals surface area (Å²) in [5, 5.41) is 5.34. The Morgan fingerprint density at radius 3 is 2.74 bits per heavy atom. The maximum absolute atomic E-state index is 12.7. The SMILES string of the molecule is O=C1NCC2(CCCN(Cc3csc(-c4ccc(C(F)(F)F)cc4)n3)C2)O1. The maximum atomic E-state index is 12.7. The lowest BCUT2D eigenvalue weighted by molar-refractivity contribution is -0.137. The third kappa shape index (κ3) is 3.93. The van der Waals surface area contributed by atoms with E-state index in [2.05, 4.69) is 15.2 Å². The number of amides is 1. The Kier molecular flexibility index (Phi) is 4.59. The normalized spacial score (nSPS) is 23.4. The number of rotatable bonds is 3. The standard InChI is InChI=1S/C18H18F3N3O2S/c19-18(20,21)13-4-2-12(3-5-13)15-23-14(9-27-15)8-24-7-1-6-17(11-24)10-22-16(25)26-17/h2-5,9H,1,6-8,10-11H2,(H,22,25). The molecule has 0 aliphatic carbocycles. The summed E-state index contributed by atoms with van der Waals surface area (Å²) in [4.78, 5) is 18.2. The topological polar surface area (TPSA) is 54.5 Å². The lowest BCUT2D eigenvalue weighted by atomic mass is 9.93. The number of alkyl carbamates (subject to hydrolysis) is 1. The third-order valence-electron chi connectivity index (χ3n) is 4.88. The number of benzene rings is 1. The average Bonchev–Trinajstić information content (AvgIpc) is 3.22. The second kappa shape index (κ2) is 6.79. The number of hydrogen-bond donors (Lipinski definition) is 1. The highest BCUT2D eigenvalue weighted by Crippen LogP contribution is 2.33. The molecule has 0 bridgehead atoms. The minimum atomic E-state index is -4.34. The first-order valence-corrected chi connectivity index (χ1v) is 9.52. The van der Waals surface area contributed by atoms with Gasteiger partial charge in [0, 0.05) is 24.0 Å². The van der Waals surface area contributed by atoms with Crippen LogP contribution in [0.3, 0.4) is 0 Å². The second-order valence-corrected chi connectivity index (χ2v) is 7.82. The van der Waals surface area contributed by atoms with Crippen LogP contribution in [-0.2, 0) is 17.5 Å². The fraction of sp³-hybridized carbons (Fsp3) is 0.444. The van der Waals surface area contributed by atoms with Crippen molar-refractivity contribution in [3.05, 3.63) is 40.9 Å². The molecule has 3 heterocycles. The minimum absolute atomic E-state index is 0.366. The zero-order chi connectivity index (χ0) is 19.1. The number of hydrogen-bond acceptors (Lipinski definition) is 5. The molecule has 1 unspecified atom stereocenters. The minimum Gasteiger partial charge on any atom is -0.440 e. The van der Waals surface area contributed by atoms with Gasteiger partial charge in [0.15, 0.2) is 0 Å². The monoisotopic (exact) mass is 397 g/mol. The largest absolute Gasteiger partial charge is 0.440 e. The molecule has 2 fully saturated rings. The van der Waals surface area contributed by atoms with Crippen molar-refractivity contribution in [3.63, 3.8) is 0 Å². The van der Waals surface area contributed by atoms with Gasteiger partial charge in [-0.2, -0.15) is 13.2 Å². The van der Waals surface area contributed by atoms with Crippen molar-refractivity contribution in [2.24, 2.45) is 0 Å². The Bertz CT molecular complexity index is 837. The molecule has 2 aromatic rings. The number of aromatic nitrogens is 1. The Labute approximate surface area is 158 Å². The molecule has 27 heavy (non-hydrogen) atoms. The van der Waals surface area contributed by atoms with Crippen LogP contribution in [-0.4, -0.2) is 41.2 Å². The van der Waals surface area contributed by atoms with E-state index in [9.17, 15) is 18.0 Å². The van der Waals surface area contributed by atoms with E-state index in [4.69, 9.17) is 4.74 Å². The summed E-state index contributed by atoms with van der Waals surface area (Å²) in [7, 11) is 0. The lowest BCUT2D eigenvalue weighted by Crippen LogP contribution is -2.50. The molecule has 5 nitrogen and oxygen atoms in total. The van der Waals surface area contributed by atoms with E-state index in [1.807, 2.05) is 5.38 Å². The lowest BCUT2D eigenvalue weighted by Gasteiger charge is -2.37. The van der Waals surface area contributed by atoms with Crippen LogP contribution in [0.1, 0.15) is 24.1 Å². The van der Waals surface area contributed by atoms with Gasteiger partial charge in [-0.15, -0.1) is 11.3 Å². The predicted molar refractivity (Wildman–Crippen MR) is 94.3 cm³/mol. The van der Waals surface area contributed by atoms with Crippen LogP contribution in [0, 0.1) is 0 Å². The number of nitrogens with one attached hydrogen (secondary N) is 1. The van der Waals surface area contributed by atoms with Gasteiger partial charge in [0.05, 0.1) is 17.8 Å². The van der Waals surface area contributed by atoms with Crippen LogP contribution < -0.4 is 5.32 Å². The van der Waals surface area contributed by atoms with Crippen LogP contribution in [0.4, 0.5) is 18.0 Å². The fourth-order valence-corrected chi connectivity index (χ4v) is 4.42. The summed E-state index contributed by atoms with van der Waals surface area (Å²) >= 11 is 1.41. The van der Waals surface area contributed by atoms with Crippen molar-refractivity contribution in [2.75, 3.05) is 19.6 Å². The van der Waals surface area contributed by atoms with Crippen molar-refractivity contribution in [1.82, 2.24) is 15.2 Å². The highest BCUT2D eigenvalue weighted by atomic mass is 32.1. The van der Waals surface area contributed by atoms with Gasteiger partial charge in [-0.3, -0.25) is 4.90 Å². The first-order valence-electron chi connectivity index (χ1n) is 8.64. The van der Waals surface area contributed by atoms with Gasteiger partial charge < -0.3 is 10.1 Å². The molecule has 1 atom stereocenters. The van der Waals surface area contributed by atoms with Crippen LogP contribution in [0.25, 0.3) is 10.6 Å². The molecule has 144 valence electrons. The van der Waals surface area contributed by atoms with Gasteiger partial charge >= 0.3 is 12.3 Å².